The fourth-order valence-electron chi connectivity index (χ4n) is 4.65. The molecule has 2 aromatic heterocycles. The van der Waals surface area contributed by atoms with E-state index in [1.165, 1.54) is 0 Å². The number of aromatic nitrogens is 3. The third-order valence-electron chi connectivity index (χ3n) is 6.19. The molecular formula is C26H39BrN6O6S. The summed E-state index contributed by atoms with van der Waals surface area (Å²) in [5.74, 6) is -0.522. The zero-order valence-corrected chi connectivity index (χ0v) is 26.7. The number of carbonyl (C=O) groups is 3. The number of carbonyl (C=O) groups excluding carboxylic acids is 3. The molecule has 14 heteroatoms. The van der Waals surface area contributed by atoms with Gasteiger partial charge in [-0.15, -0.1) is 0 Å². The average molecular weight is 644 g/mol. The molecule has 3 amide bonds. The van der Waals surface area contributed by atoms with Gasteiger partial charge in [-0.05, 0) is 89.6 Å². The maximum Gasteiger partial charge on any atom is 0.412 e. The summed E-state index contributed by atoms with van der Waals surface area (Å²) < 4.78 is 19.0. The number of alkyl carbamates (subject to hydrolysis) is 1. The summed E-state index contributed by atoms with van der Waals surface area (Å²) in [7, 11) is 3.43. The van der Waals surface area contributed by atoms with Crippen molar-refractivity contribution in [2.24, 2.45) is 7.05 Å². The van der Waals surface area contributed by atoms with Crippen molar-refractivity contribution < 1.29 is 28.6 Å². The number of nitrogens with one attached hydrogen (secondary N) is 3. The molecule has 0 saturated heterocycles. The summed E-state index contributed by atoms with van der Waals surface area (Å²) in [4.78, 5) is 42.4. The minimum atomic E-state index is -0.752. The Kier molecular flexibility index (Phi) is 9.89. The van der Waals surface area contributed by atoms with Crippen LogP contribution in [0.5, 0.6) is 0 Å². The van der Waals surface area contributed by atoms with Crippen LogP contribution in [0.4, 0.5) is 20.3 Å². The second kappa shape index (κ2) is 12.4. The highest BCUT2D eigenvalue weighted by molar-refractivity contribution is 9.11. The van der Waals surface area contributed by atoms with Crippen LogP contribution in [0.2, 0.25) is 0 Å². The van der Waals surface area contributed by atoms with E-state index in [1.54, 1.807) is 45.8 Å². The number of halogens is 1. The molecule has 12 nitrogen and oxygen atoms in total. The molecule has 2 unspecified atom stereocenters. The van der Waals surface area contributed by atoms with Gasteiger partial charge in [0.25, 0.3) is 5.91 Å². The van der Waals surface area contributed by atoms with Crippen LogP contribution in [0.15, 0.2) is 10.1 Å². The topological polar surface area (TPSA) is 146 Å². The van der Waals surface area contributed by atoms with Gasteiger partial charge in [0.1, 0.15) is 21.8 Å². The van der Waals surface area contributed by atoms with Crippen LogP contribution in [-0.2, 0) is 26.9 Å². The van der Waals surface area contributed by atoms with E-state index in [0.29, 0.717) is 34.6 Å². The van der Waals surface area contributed by atoms with Crippen molar-refractivity contribution in [2.45, 2.75) is 96.5 Å². The lowest BCUT2D eigenvalue weighted by Gasteiger charge is -2.32. The molecule has 1 fully saturated rings. The summed E-state index contributed by atoms with van der Waals surface area (Å²) in [6.45, 7) is 10.7. The standard InChI is InChI=1S/C26H39BrN6O6S/c1-24(2,3)38-22(35)29-15-10-9-12-26(37-8,13-11-15)18-16(14-28-33(18)7)30-19(34)17-20(40-21(27)31-17)32-23(36)39-25(4,5)6/h14-15H,9-13H2,1-8H3,(H,29,35)(H,30,34)(H,32,36). The quantitative estimate of drug-likeness (QED) is 0.328. The van der Waals surface area contributed by atoms with Crippen molar-refractivity contribution in [3.63, 3.8) is 0 Å². The largest absolute Gasteiger partial charge is 0.444 e. The molecule has 1 saturated carbocycles. The third-order valence-corrected chi connectivity index (χ3v) is 7.61. The second-order valence-electron chi connectivity index (χ2n) is 11.7. The summed E-state index contributed by atoms with van der Waals surface area (Å²) in [6, 6.07) is -0.0769. The van der Waals surface area contributed by atoms with E-state index >= 15 is 0 Å². The predicted octanol–water partition coefficient (Wildman–Crippen LogP) is 5.94. The van der Waals surface area contributed by atoms with Crippen LogP contribution in [0.1, 0.15) is 89.8 Å². The Bertz CT molecular complexity index is 1230. The van der Waals surface area contributed by atoms with Gasteiger partial charge in [-0.3, -0.25) is 14.8 Å². The van der Waals surface area contributed by atoms with Crippen LogP contribution in [-0.4, -0.2) is 57.2 Å². The van der Waals surface area contributed by atoms with E-state index in [-0.39, 0.29) is 16.7 Å². The van der Waals surface area contributed by atoms with Crippen LogP contribution >= 0.6 is 27.3 Å². The van der Waals surface area contributed by atoms with E-state index in [2.05, 4.69) is 42.0 Å². The molecule has 222 valence electrons. The van der Waals surface area contributed by atoms with Gasteiger partial charge in [0.15, 0.2) is 9.61 Å². The van der Waals surface area contributed by atoms with Gasteiger partial charge >= 0.3 is 12.2 Å². The number of ether oxygens (including phenoxy) is 3. The van der Waals surface area contributed by atoms with Gasteiger partial charge in [-0.1, -0.05) is 11.3 Å². The summed E-state index contributed by atoms with van der Waals surface area (Å²) >= 11 is 4.40. The lowest BCUT2D eigenvalue weighted by atomic mass is 9.89. The molecular weight excluding hydrogens is 604 g/mol. The molecule has 3 rings (SSSR count). The van der Waals surface area contributed by atoms with Crippen LogP contribution < -0.4 is 16.0 Å². The van der Waals surface area contributed by atoms with Crippen LogP contribution in [0.25, 0.3) is 0 Å². The Morgan fingerprint density at radius 3 is 2.33 bits per heavy atom. The lowest BCUT2D eigenvalue weighted by Crippen LogP contribution is -2.39. The number of nitrogens with zero attached hydrogens (tertiary/aromatic N) is 3. The number of hydrogen-bond acceptors (Lipinski definition) is 9. The molecule has 2 atom stereocenters. The minimum Gasteiger partial charge on any atom is -0.444 e. The number of rotatable bonds is 6. The maximum absolute atomic E-state index is 13.4. The number of methoxy groups -OCH3 is 1. The van der Waals surface area contributed by atoms with E-state index in [4.69, 9.17) is 14.2 Å². The van der Waals surface area contributed by atoms with Crippen molar-refractivity contribution in [3.8, 4) is 0 Å². The predicted molar refractivity (Wildman–Crippen MR) is 156 cm³/mol. The highest BCUT2D eigenvalue weighted by Gasteiger charge is 2.40. The number of amides is 3. The van der Waals surface area contributed by atoms with Crippen LogP contribution in [0, 0.1) is 0 Å². The summed E-state index contributed by atoms with van der Waals surface area (Å²) in [5, 5.41) is 13.1. The highest BCUT2D eigenvalue weighted by Crippen LogP contribution is 2.42. The van der Waals surface area contributed by atoms with E-state index in [1.807, 2.05) is 20.8 Å². The molecule has 40 heavy (non-hydrogen) atoms. The smallest absolute Gasteiger partial charge is 0.412 e. The molecule has 2 aromatic rings. The fraction of sp³-hybridized carbons (Fsp3) is 0.654. The number of aryl methyl sites for hydroxylation is 1. The normalized spacial score (nSPS) is 19.9. The molecule has 1 aliphatic carbocycles. The van der Waals surface area contributed by atoms with Crippen molar-refractivity contribution in [2.75, 3.05) is 17.7 Å². The fourth-order valence-corrected chi connectivity index (χ4v) is 5.98. The average Bonchev–Trinajstić information content (AvgIpc) is 3.27. The first-order valence-electron chi connectivity index (χ1n) is 13.1. The first-order valence-corrected chi connectivity index (χ1v) is 14.7. The van der Waals surface area contributed by atoms with Gasteiger partial charge in [-0.25, -0.2) is 14.6 Å². The Morgan fingerprint density at radius 2 is 1.70 bits per heavy atom. The maximum atomic E-state index is 13.4. The molecule has 1 aliphatic rings. The zero-order valence-electron chi connectivity index (χ0n) is 24.3. The van der Waals surface area contributed by atoms with Gasteiger partial charge in [0.2, 0.25) is 0 Å². The van der Waals surface area contributed by atoms with Crippen molar-refractivity contribution in [3.05, 3.63) is 21.5 Å². The van der Waals surface area contributed by atoms with Gasteiger partial charge < -0.3 is 24.8 Å². The van der Waals surface area contributed by atoms with Crippen molar-refractivity contribution in [1.82, 2.24) is 20.1 Å². The lowest BCUT2D eigenvalue weighted by molar-refractivity contribution is -0.0341. The van der Waals surface area contributed by atoms with Gasteiger partial charge in [0, 0.05) is 20.2 Å². The Balaban J connectivity index is 1.79. The number of thiazole rings is 1. The van der Waals surface area contributed by atoms with Crippen molar-refractivity contribution in [1.29, 1.82) is 0 Å². The molecule has 2 heterocycles. The first-order chi connectivity index (χ1) is 18.5. The molecule has 0 radical (unpaired) electrons. The molecule has 0 aromatic carbocycles. The summed E-state index contributed by atoms with van der Waals surface area (Å²) in [5.41, 5.74) is -0.822. The molecule has 0 bridgehead atoms. The van der Waals surface area contributed by atoms with Gasteiger partial charge in [0.05, 0.1) is 17.6 Å². The Hall–Kier alpha value is -2.71. The second-order valence-corrected chi connectivity index (χ2v) is 14.0. The van der Waals surface area contributed by atoms with Crippen LogP contribution in [0.3, 0.4) is 0 Å². The zero-order chi connectivity index (χ0) is 29.9. The van der Waals surface area contributed by atoms with Crippen molar-refractivity contribution >= 4 is 56.0 Å². The van der Waals surface area contributed by atoms with E-state index in [0.717, 1.165) is 24.2 Å². The molecule has 3 N–H and O–H groups in total. The monoisotopic (exact) mass is 642 g/mol. The van der Waals surface area contributed by atoms with E-state index in [9.17, 15) is 14.4 Å². The van der Waals surface area contributed by atoms with E-state index < -0.39 is 34.9 Å². The number of anilines is 2. The molecule has 0 aliphatic heterocycles. The SMILES string of the molecule is COC1(c2c(NC(=O)c3nc(Br)sc3NC(=O)OC(C)(C)C)cnn2C)CCCC(NC(=O)OC(C)(C)C)CC1. The third kappa shape index (κ3) is 8.40. The summed E-state index contributed by atoms with van der Waals surface area (Å²) in [6.07, 6.45) is 3.86. The first kappa shape index (κ1) is 31.8. The Morgan fingerprint density at radius 1 is 1.05 bits per heavy atom. The number of hydrogen-bond donors (Lipinski definition) is 3. The highest BCUT2D eigenvalue weighted by atomic mass is 79.9. The molecule has 0 spiro atoms. The van der Waals surface area contributed by atoms with Gasteiger partial charge in [-0.2, -0.15) is 5.10 Å². The minimum absolute atomic E-state index is 0.0338. The Labute approximate surface area is 247 Å².